The summed E-state index contributed by atoms with van der Waals surface area (Å²) in [4.78, 5) is 7.04. The standard InChI is InChI=1S/C22H26Cl2N2/c1-5-10-26-21-12-19(24)16(11-17(21)15(2)13-22(26,3)4)14-25-20-9-7-6-8-18(20)23/h6-9,11-12,14-15H,5,10,13H2,1-4H3. The molecule has 26 heavy (non-hydrogen) atoms. The molecule has 0 aromatic heterocycles. The lowest BCUT2D eigenvalue weighted by atomic mass is 9.79. The molecular formula is C22H26Cl2N2. The third-order valence-electron chi connectivity index (χ3n) is 5.15. The van der Waals surface area contributed by atoms with E-state index in [4.69, 9.17) is 23.2 Å². The summed E-state index contributed by atoms with van der Waals surface area (Å²) in [7, 11) is 0. The number of hydrogen-bond donors (Lipinski definition) is 0. The first kappa shape index (κ1) is 19.3. The number of nitrogens with zero attached hydrogens (tertiary/aromatic N) is 2. The lowest BCUT2D eigenvalue weighted by molar-refractivity contribution is 0.376. The highest BCUT2D eigenvalue weighted by Gasteiger charge is 2.36. The normalized spacial score (nSPS) is 19.0. The monoisotopic (exact) mass is 388 g/mol. The van der Waals surface area contributed by atoms with Crippen molar-refractivity contribution >= 4 is 40.8 Å². The van der Waals surface area contributed by atoms with Gasteiger partial charge in [0.1, 0.15) is 0 Å². The zero-order valence-electron chi connectivity index (χ0n) is 15.9. The van der Waals surface area contributed by atoms with Gasteiger partial charge in [0.15, 0.2) is 0 Å². The van der Waals surface area contributed by atoms with E-state index in [-0.39, 0.29) is 5.54 Å². The molecule has 0 spiro atoms. The van der Waals surface area contributed by atoms with E-state index in [0.29, 0.717) is 10.9 Å². The smallest absolute Gasteiger partial charge is 0.0816 e. The minimum atomic E-state index is 0.138. The lowest BCUT2D eigenvalue weighted by Crippen LogP contribution is -2.48. The van der Waals surface area contributed by atoms with E-state index in [0.717, 1.165) is 35.7 Å². The van der Waals surface area contributed by atoms with Gasteiger partial charge in [0.25, 0.3) is 0 Å². The van der Waals surface area contributed by atoms with Crippen LogP contribution in [-0.4, -0.2) is 18.3 Å². The molecule has 0 amide bonds. The van der Waals surface area contributed by atoms with Crippen molar-refractivity contribution in [3.8, 4) is 0 Å². The number of benzene rings is 2. The van der Waals surface area contributed by atoms with Crippen LogP contribution < -0.4 is 4.90 Å². The van der Waals surface area contributed by atoms with Gasteiger partial charge in [-0.3, -0.25) is 4.99 Å². The van der Waals surface area contributed by atoms with Gasteiger partial charge >= 0.3 is 0 Å². The molecule has 2 aromatic carbocycles. The van der Waals surface area contributed by atoms with Crippen LogP contribution >= 0.6 is 23.2 Å². The largest absolute Gasteiger partial charge is 0.366 e. The van der Waals surface area contributed by atoms with Crippen molar-refractivity contribution < 1.29 is 0 Å². The predicted octanol–water partition coefficient (Wildman–Crippen LogP) is 7.25. The van der Waals surface area contributed by atoms with E-state index in [2.05, 4.69) is 49.7 Å². The SMILES string of the molecule is CCCN1c2cc(Cl)c(C=Nc3ccccc3Cl)cc2C(C)CC1(C)C. The van der Waals surface area contributed by atoms with Crippen molar-refractivity contribution in [1.29, 1.82) is 0 Å². The first-order valence-electron chi connectivity index (χ1n) is 9.23. The molecule has 3 rings (SSSR count). The van der Waals surface area contributed by atoms with E-state index in [1.165, 1.54) is 11.3 Å². The summed E-state index contributed by atoms with van der Waals surface area (Å²) >= 11 is 12.8. The van der Waals surface area contributed by atoms with Crippen LogP contribution in [0.25, 0.3) is 0 Å². The molecule has 138 valence electrons. The van der Waals surface area contributed by atoms with Crippen molar-refractivity contribution in [1.82, 2.24) is 0 Å². The Bertz CT molecular complexity index is 827. The molecule has 1 unspecified atom stereocenters. The van der Waals surface area contributed by atoms with Gasteiger partial charge in [-0.05, 0) is 62.4 Å². The maximum absolute atomic E-state index is 6.62. The Labute approximate surface area is 166 Å². The highest BCUT2D eigenvalue weighted by Crippen LogP contribution is 2.45. The van der Waals surface area contributed by atoms with Crippen molar-refractivity contribution in [3.63, 3.8) is 0 Å². The minimum Gasteiger partial charge on any atom is -0.366 e. The number of halogens is 2. The third kappa shape index (κ3) is 3.77. The Hall–Kier alpha value is -1.51. The van der Waals surface area contributed by atoms with Crippen LogP contribution in [0.1, 0.15) is 57.6 Å². The molecule has 0 bridgehead atoms. The first-order chi connectivity index (χ1) is 12.3. The number of aliphatic imine (C=N–C) groups is 1. The van der Waals surface area contributed by atoms with Gasteiger partial charge in [-0.15, -0.1) is 0 Å². The fourth-order valence-corrected chi connectivity index (χ4v) is 4.35. The summed E-state index contributed by atoms with van der Waals surface area (Å²) in [5, 5.41) is 1.37. The molecule has 1 aliphatic rings. The van der Waals surface area contributed by atoms with Gasteiger partial charge in [-0.25, -0.2) is 0 Å². The second-order valence-electron chi connectivity index (χ2n) is 7.71. The quantitative estimate of drug-likeness (QED) is 0.503. The van der Waals surface area contributed by atoms with Crippen molar-refractivity contribution in [2.24, 2.45) is 4.99 Å². The highest BCUT2D eigenvalue weighted by atomic mass is 35.5. The molecule has 4 heteroatoms. The average Bonchev–Trinajstić information content (AvgIpc) is 2.58. The topological polar surface area (TPSA) is 15.6 Å². The fourth-order valence-electron chi connectivity index (χ4n) is 3.96. The molecule has 0 saturated carbocycles. The second kappa shape index (κ2) is 7.62. The van der Waals surface area contributed by atoms with Crippen molar-refractivity contribution in [3.05, 3.63) is 57.6 Å². The maximum Gasteiger partial charge on any atom is 0.0816 e. The van der Waals surface area contributed by atoms with Crippen LogP contribution in [0.15, 0.2) is 41.4 Å². The molecule has 2 nitrogen and oxygen atoms in total. The molecule has 1 heterocycles. The van der Waals surface area contributed by atoms with Crippen LogP contribution in [0, 0.1) is 0 Å². The predicted molar refractivity (Wildman–Crippen MR) is 115 cm³/mol. The molecule has 0 saturated heterocycles. The van der Waals surface area contributed by atoms with E-state index in [1.807, 2.05) is 30.5 Å². The Morgan fingerprint density at radius 3 is 2.62 bits per heavy atom. The van der Waals surface area contributed by atoms with Crippen LogP contribution in [0.2, 0.25) is 10.0 Å². The Balaban J connectivity index is 2.02. The summed E-state index contributed by atoms with van der Waals surface area (Å²) in [6, 6.07) is 11.9. The van der Waals surface area contributed by atoms with Gasteiger partial charge in [0.2, 0.25) is 0 Å². The number of rotatable bonds is 4. The number of para-hydroxylation sites is 1. The van der Waals surface area contributed by atoms with E-state index in [9.17, 15) is 0 Å². The van der Waals surface area contributed by atoms with Crippen molar-refractivity contribution in [2.75, 3.05) is 11.4 Å². The second-order valence-corrected chi connectivity index (χ2v) is 8.53. The molecule has 0 fully saturated rings. The maximum atomic E-state index is 6.62. The van der Waals surface area contributed by atoms with Gasteiger partial charge in [-0.1, -0.05) is 49.2 Å². The summed E-state index contributed by atoms with van der Waals surface area (Å²) in [6.07, 6.45) is 4.06. The number of hydrogen-bond acceptors (Lipinski definition) is 2. The number of fused-ring (bicyclic) bond motifs is 1. The summed E-state index contributed by atoms with van der Waals surface area (Å²) in [6.45, 7) is 10.2. The molecule has 2 aromatic rings. The van der Waals surface area contributed by atoms with Gasteiger partial charge < -0.3 is 4.90 Å². The third-order valence-corrected chi connectivity index (χ3v) is 5.79. The molecule has 0 N–H and O–H groups in total. The molecule has 0 radical (unpaired) electrons. The molecular weight excluding hydrogens is 363 g/mol. The van der Waals surface area contributed by atoms with Gasteiger partial charge in [0.05, 0.1) is 15.7 Å². The van der Waals surface area contributed by atoms with Crippen LogP contribution in [0.3, 0.4) is 0 Å². The summed E-state index contributed by atoms with van der Waals surface area (Å²) < 4.78 is 0. The Morgan fingerprint density at radius 1 is 1.19 bits per heavy atom. The zero-order valence-corrected chi connectivity index (χ0v) is 17.4. The van der Waals surface area contributed by atoms with Crippen molar-refractivity contribution in [2.45, 2.75) is 52.0 Å². The first-order valence-corrected chi connectivity index (χ1v) is 9.98. The van der Waals surface area contributed by atoms with Gasteiger partial charge in [0, 0.05) is 29.5 Å². The van der Waals surface area contributed by atoms with Gasteiger partial charge in [-0.2, -0.15) is 0 Å². The summed E-state index contributed by atoms with van der Waals surface area (Å²) in [5.74, 6) is 0.484. The molecule has 1 atom stereocenters. The molecule has 0 aliphatic carbocycles. The van der Waals surface area contributed by atoms with Crippen LogP contribution in [0.5, 0.6) is 0 Å². The fraction of sp³-hybridized carbons (Fsp3) is 0.409. The van der Waals surface area contributed by atoms with Crippen LogP contribution in [0.4, 0.5) is 11.4 Å². The Morgan fingerprint density at radius 2 is 1.92 bits per heavy atom. The minimum absolute atomic E-state index is 0.138. The lowest BCUT2D eigenvalue weighted by Gasteiger charge is -2.47. The van der Waals surface area contributed by atoms with E-state index in [1.54, 1.807) is 0 Å². The van der Waals surface area contributed by atoms with Crippen LogP contribution in [-0.2, 0) is 0 Å². The van der Waals surface area contributed by atoms with E-state index < -0.39 is 0 Å². The summed E-state index contributed by atoms with van der Waals surface area (Å²) in [5.41, 5.74) is 4.44. The Kier molecular flexibility index (Phi) is 5.64. The molecule has 1 aliphatic heterocycles. The zero-order chi connectivity index (χ0) is 18.9. The highest BCUT2D eigenvalue weighted by molar-refractivity contribution is 6.34. The van der Waals surface area contributed by atoms with E-state index >= 15 is 0 Å². The average molecular weight is 389 g/mol. The number of anilines is 1.